The normalized spacial score (nSPS) is 13.3. The minimum atomic E-state index is -0.643. The van der Waals surface area contributed by atoms with Crippen LogP contribution in [0.25, 0.3) is 5.76 Å². The van der Waals surface area contributed by atoms with E-state index in [0.29, 0.717) is 21.8 Å². The van der Waals surface area contributed by atoms with Crippen LogP contribution in [-0.4, -0.2) is 16.8 Å². The summed E-state index contributed by atoms with van der Waals surface area (Å²) < 4.78 is 0. The number of Topliss-reactive ketones (excluding diaryl/α,β-unsaturated/α-hetero) is 1. The maximum Gasteiger partial charge on any atom is 0.263 e. The Morgan fingerprint density at radius 3 is 2.24 bits per heavy atom. The number of rotatable bonds is 2. The van der Waals surface area contributed by atoms with E-state index >= 15 is 0 Å². The summed E-state index contributed by atoms with van der Waals surface area (Å²) in [7, 11) is 0. The number of halogens is 1. The topological polar surface area (TPSA) is 66.4 Å². The van der Waals surface area contributed by atoms with Gasteiger partial charge in [-0.1, -0.05) is 35.9 Å². The molecule has 0 heterocycles. The summed E-state index contributed by atoms with van der Waals surface area (Å²) in [6.45, 7) is 0. The van der Waals surface area contributed by atoms with Crippen LogP contribution in [0.4, 0.5) is 5.69 Å². The average Bonchev–Trinajstić information content (AvgIpc) is 2.74. The molecule has 2 N–H and O–H groups in total. The van der Waals surface area contributed by atoms with Crippen molar-refractivity contribution in [2.45, 2.75) is 0 Å². The summed E-state index contributed by atoms with van der Waals surface area (Å²) in [6.07, 6.45) is 0. The summed E-state index contributed by atoms with van der Waals surface area (Å²) in [6, 6.07) is 13.0. The largest absolute Gasteiger partial charge is 0.506 e. The van der Waals surface area contributed by atoms with E-state index in [1.54, 1.807) is 48.5 Å². The number of amides is 1. The molecule has 2 aromatic rings. The first kappa shape index (κ1) is 13.4. The molecule has 0 bridgehead atoms. The zero-order chi connectivity index (χ0) is 15.0. The van der Waals surface area contributed by atoms with Gasteiger partial charge in [0.2, 0.25) is 5.78 Å². The third kappa shape index (κ3) is 2.30. The highest BCUT2D eigenvalue weighted by atomic mass is 35.5. The number of benzene rings is 2. The second-order valence-electron chi connectivity index (χ2n) is 4.56. The standard InChI is InChI=1S/C16H10ClNO3/c17-9-5-7-10(8-6-9)18-16(21)13-14(19)11-3-1-2-4-12(11)15(13)20/h1-8,19H,(H,18,21). The number of aliphatic hydroxyl groups excluding tert-OH is 1. The first-order chi connectivity index (χ1) is 10.1. The maximum absolute atomic E-state index is 12.2. The molecule has 0 spiro atoms. The number of fused-ring (bicyclic) bond motifs is 1. The molecule has 0 aliphatic heterocycles. The zero-order valence-corrected chi connectivity index (χ0v) is 11.5. The van der Waals surface area contributed by atoms with Crippen molar-refractivity contribution in [2.75, 3.05) is 5.32 Å². The minimum Gasteiger partial charge on any atom is -0.506 e. The van der Waals surface area contributed by atoms with E-state index in [9.17, 15) is 14.7 Å². The molecule has 5 heteroatoms. The summed E-state index contributed by atoms with van der Waals surface area (Å²) in [5.74, 6) is -1.41. The van der Waals surface area contributed by atoms with Crippen LogP contribution in [0.3, 0.4) is 0 Å². The molecule has 1 aliphatic rings. The van der Waals surface area contributed by atoms with Crippen molar-refractivity contribution in [3.05, 3.63) is 70.3 Å². The summed E-state index contributed by atoms with van der Waals surface area (Å²) in [5, 5.41) is 13.2. The first-order valence-electron chi connectivity index (χ1n) is 6.22. The summed E-state index contributed by atoms with van der Waals surface area (Å²) in [4.78, 5) is 24.4. The van der Waals surface area contributed by atoms with Crippen LogP contribution in [0.2, 0.25) is 5.02 Å². The number of hydrogen-bond donors (Lipinski definition) is 2. The second kappa shape index (κ2) is 5.07. The minimum absolute atomic E-state index is 0.244. The highest BCUT2D eigenvalue weighted by Crippen LogP contribution is 2.31. The molecule has 1 amide bonds. The van der Waals surface area contributed by atoms with E-state index in [4.69, 9.17) is 11.6 Å². The number of ketones is 1. The fourth-order valence-electron chi connectivity index (χ4n) is 2.20. The van der Waals surface area contributed by atoms with Crippen LogP contribution in [0.1, 0.15) is 15.9 Å². The van der Waals surface area contributed by atoms with Gasteiger partial charge in [0.15, 0.2) is 0 Å². The molecule has 0 atom stereocenters. The van der Waals surface area contributed by atoms with Gasteiger partial charge in [-0.2, -0.15) is 0 Å². The van der Waals surface area contributed by atoms with Crippen molar-refractivity contribution < 1.29 is 14.7 Å². The Kier molecular flexibility index (Phi) is 3.23. The first-order valence-corrected chi connectivity index (χ1v) is 6.60. The van der Waals surface area contributed by atoms with Crippen LogP contribution in [0, 0.1) is 0 Å². The summed E-state index contributed by atoms with van der Waals surface area (Å²) >= 11 is 5.77. The van der Waals surface area contributed by atoms with Crippen LogP contribution >= 0.6 is 11.6 Å². The average molecular weight is 300 g/mol. The van der Waals surface area contributed by atoms with Crippen molar-refractivity contribution in [3.8, 4) is 0 Å². The van der Waals surface area contributed by atoms with E-state index in [0.717, 1.165) is 0 Å². The lowest BCUT2D eigenvalue weighted by Crippen LogP contribution is -2.19. The Bertz CT molecular complexity index is 778. The van der Waals surface area contributed by atoms with Crippen molar-refractivity contribution in [3.63, 3.8) is 0 Å². The molecule has 21 heavy (non-hydrogen) atoms. The second-order valence-corrected chi connectivity index (χ2v) is 5.00. The quantitative estimate of drug-likeness (QED) is 0.835. The number of carbonyl (C=O) groups excluding carboxylic acids is 2. The zero-order valence-electron chi connectivity index (χ0n) is 10.8. The Labute approximate surface area is 125 Å². The van der Waals surface area contributed by atoms with Gasteiger partial charge in [-0.05, 0) is 24.3 Å². The molecule has 0 saturated heterocycles. The molecule has 0 radical (unpaired) electrons. The monoisotopic (exact) mass is 299 g/mol. The van der Waals surface area contributed by atoms with Crippen molar-refractivity contribution in [2.24, 2.45) is 0 Å². The van der Waals surface area contributed by atoms with Gasteiger partial charge in [0, 0.05) is 21.8 Å². The Balaban J connectivity index is 1.91. The molecule has 0 saturated carbocycles. The van der Waals surface area contributed by atoms with Crippen molar-refractivity contribution >= 4 is 34.7 Å². The van der Waals surface area contributed by atoms with Gasteiger partial charge in [0.25, 0.3) is 5.91 Å². The fourth-order valence-corrected chi connectivity index (χ4v) is 2.33. The highest BCUT2D eigenvalue weighted by Gasteiger charge is 2.33. The van der Waals surface area contributed by atoms with E-state index in [1.807, 2.05) is 0 Å². The Morgan fingerprint density at radius 2 is 1.62 bits per heavy atom. The molecule has 3 rings (SSSR count). The van der Waals surface area contributed by atoms with Gasteiger partial charge in [-0.25, -0.2) is 0 Å². The number of nitrogens with one attached hydrogen (secondary N) is 1. The van der Waals surface area contributed by atoms with Gasteiger partial charge < -0.3 is 10.4 Å². The molecule has 104 valence electrons. The fraction of sp³-hybridized carbons (Fsp3) is 0. The number of carbonyl (C=O) groups is 2. The van der Waals surface area contributed by atoms with Gasteiger partial charge in [0.1, 0.15) is 11.3 Å². The molecule has 0 aromatic heterocycles. The maximum atomic E-state index is 12.2. The van der Waals surface area contributed by atoms with Crippen LogP contribution in [0.5, 0.6) is 0 Å². The predicted octanol–water partition coefficient (Wildman–Crippen LogP) is 3.44. The molecule has 2 aromatic carbocycles. The lowest BCUT2D eigenvalue weighted by molar-refractivity contribution is -0.112. The van der Waals surface area contributed by atoms with Crippen LogP contribution in [-0.2, 0) is 4.79 Å². The van der Waals surface area contributed by atoms with Crippen molar-refractivity contribution in [1.29, 1.82) is 0 Å². The number of anilines is 1. The Hall–Kier alpha value is -2.59. The number of hydrogen-bond acceptors (Lipinski definition) is 3. The highest BCUT2D eigenvalue weighted by molar-refractivity contribution is 6.36. The van der Waals surface area contributed by atoms with E-state index in [-0.39, 0.29) is 11.3 Å². The lowest BCUT2D eigenvalue weighted by Gasteiger charge is -2.05. The van der Waals surface area contributed by atoms with E-state index in [2.05, 4.69) is 5.32 Å². The van der Waals surface area contributed by atoms with Gasteiger partial charge >= 0.3 is 0 Å². The predicted molar refractivity (Wildman–Crippen MR) is 80.4 cm³/mol. The lowest BCUT2D eigenvalue weighted by atomic mass is 10.1. The van der Waals surface area contributed by atoms with E-state index in [1.165, 1.54) is 0 Å². The van der Waals surface area contributed by atoms with Crippen molar-refractivity contribution in [1.82, 2.24) is 0 Å². The molecule has 4 nitrogen and oxygen atoms in total. The number of aliphatic hydroxyl groups is 1. The Morgan fingerprint density at radius 1 is 1.00 bits per heavy atom. The van der Waals surface area contributed by atoms with Gasteiger partial charge in [-0.15, -0.1) is 0 Å². The van der Waals surface area contributed by atoms with Gasteiger partial charge in [0.05, 0.1) is 0 Å². The van der Waals surface area contributed by atoms with Gasteiger partial charge in [-0.3, -0.25) is 9.59 Å². The third-order valence-electron chi connectivity index (χ3n) is 3.22. The SMILES string of the molecule is O=C(Nc1ccc(Cl)cc1)C1=C(O)c2ccccc2C1=O. The smallest absolute Gasteiger partial charge is 0.263 e. The van der Waals surface area contributed by atoms with Crippen LogP contribution < -0.4 is 5.32 Å². The van der Waals surface area contributed by atoms with E-state index < -0.39 is 11.7 Å². The molecule has 1 aliphatic carbocycles. The molecular weight excluding hydrogens is 290 g/mol. The molecular formula is C16H10ClNO3. The summed E-state index contributed by atoms with van der Waals surface area (Å²) in [5.41, 5.74) is 0.958. The third-order valence-corrected chi connectivity index (χ3v) is 3.47. The van der Waals surface area contributed by atoms with Crippen LogP contribution in [0.15, 0.2) is 54.1 Å². The molecule has 0 unspecified atom stereocenters. The molecule has 0 fully saturated rings.